The molecule has 0 aliphatic rings. The highest BCUT2D eigenvalue weighted by Gasteiger charge is 2.32. The lowest BCUT2D eigenvalue weighted by Gasteiger charge is -2.29. The summed E-state index contributed by atoms with van der Waals surface area (Å²) < 4.78 is 10.6. The van der Waals surface area contributed by atoms with Crippen molar-refractivity contribution in [3.05, 3.63) is 12.7 Å². The molecule has 0 aromatic carbocycles. The molecule has 0 aromatic heterocycles. The van der Waals surface area contributed by atoms with Crippen molar-refractivity contribution in [2.45, 2.75) is 38.7 Å². The van der Waals surface area contributed by atoms with Crippen molar-refractivity contribution in [2.24, 2.45) is 0 Å². The molecule has 1 atom stereocenters. The Morgan fingerprint density at radius 2 is 1.94 bits per heavy atom. The van der Waals surface area contributed by atoms with Gasteiger partial charge in [-0.2, -0.15) is 0 Å². The second-order valence-corrected chi connectivity index (χ2v) is 12.8. The first-order chi connectivity index (χ1) is 7.16. The number of ether oxygens (including phenoxy) is 1. The van der Waals surface area contributed by atoms with Crippen molar-refractivity contribution in [3.63, 3.8) is 0 Å². The largest absolute Gasteiger partial charge is 0.463 e. The van der Waals surface area contributed by atoms with Crippen LogP contribution < -0.4 is 0 Å². The third-order valence-electron chi connectivity index (χ3n) is 1.72. The van der Waals surface area contributed by atoms with Crippen LogP contribution in [0, 0.1) is 0 Å². The summed E-state index contributed by atoms with van der Waals surface area (Å²) >= 11 is 0. The Labute approximate surface area is 99.6 Å². The minimum Gasteiger partial charge on any atom is -0.463 e. The van der Waals surface area contributed by atoms with Crippen molar-refractivity contribution in [1.29, 1.82) is 0 Å². The number of hydrogen-bond donors (Lipinski definition) is 1. The van der Waals surface area contributed by atoms with Gasteiger partial charge in [-0.05, 0) is 38.7 Å². The Hall–Kier alpha value is -0.436. The Bertz CT molecular complexity index is 246. The van der Waals surface area contributed by atoms with E-state index in [1.54, 1.807) is 6.55 Å². The van der Waals surface area contributed by atoms with Gasteiger partial charge in [-0.1, -0.05) is 6.58 Å². The highest BCUT2D eigenvalue weighted by Crippen LogP contribution is 2.17. The van der Waals surface area contributed by atoms with Gasteiger partial charge in [-0.15, -0.1) is 0 Å². The van der Waals surface area contributed by atoms with Crippen LogP contribution in [0.15, 0.2) is 12.7 Å². The van der Waals surface area contributed by atoms with Crippen LogP contribution in [0.3, 0.4) is 0 Å². The SMILES string of the molecule is C=CC(=O)OCCC[Si](C)(O)O[Si](C)(C)C. The fourth-order valence-corrected chi connectivity index (χ4v) is 7.83. The molecule has 0 aromatic rings. The lowest BCUT2D eigenvalue weighted by Crippen LogP contribution is -2.44. The van der Waals surface area contributed by atoms with Crippen LogP contribution in [0.1, 0.15) is 6.42 Å². The highest BCUT2D eigenvalue weighted by atomic mass is 28.4. The minimum atomic E-state index is -2.58. The number of carbonyl (C=O) groups is 1. The zero-order valence-electron chi connectivity index (χ0n) is 10.6. The average molecular weight is 262 g/mol. The van der Waals surface area contributed by atoms with Crippen LogP contribution in [-0.4, -0.2) is 34.3 Å². The fraction of sp³-hybridized carbons (Fsp3) is 0.700. The van der Waals surface area contributed by atoms with Gasteiger partial charge in [-0.25, -0.2) is 4.79 Å². The van der Waals surface area contributed by atoms with Crippen molar-refractivity contribution in [1.82, 2.24) is 0 Å². The summed E-state index contributed by atoms with van der Waals surface area (Å²) in [5, 5.41) is 0. The quantitative estimate of drug-likeness (QED) is 0.330. The number of esters is 1. The van der Waals surface area contributed by atoms with E-state index in [1.165, 1.54) is 0 Å². The van der Waals surface area contributed by atoms with Crippen LogP contribution >= 0.6 is 0 Å². The van der Waals surface area contributed by atoms with E-state index in [1.807, 2.05) is 19.6 Å². The molecule has 16 heavy (non-hydrogen) atoms. The summed E-state index contributed by atoms with van der Waals surface area (Å²) in [5.74, 6) is -0.424. The van der Waals surface area contributed by atoms with Gasteiger partial charge in [-0.3, -0.25) is 0 Å². The third-order valence-corrected chi connectivity index (χ3v) is 7.21. The first-order valence-electron chi connectivity index (χ1n) is 5.38. The molecule has 0 amide bonds. The summed E-state index contributed by atoms with van der Waals surface area (Å²) in [4.78, 5) is 20.8. The van der Waals surface area contributed by atoms with Crippen LogP contribution in [0.4, 0.5) is 0 Å². The van der Waals surface area contributed by atoms with Gasteiger partial charge in [0.05, 0.1) is 6.61 Å². The van der Waals surface area contributed by atoms with Crippen molar-refractivity contribution >= 4 is 22.8 Å². The molecule has 0 saturated heterocycles. The zero-order chi connectivity index (χ0) is 12.8. The predicted molar refractivity (Wildman–Crippen MR) is 68.8 cm³/mol. The smallest absolute Gasteiger partial charge is 0.330 e. The van der Waals surface area contributed by atoms with Crippen LogP contribution in [0.25, 0.3) is 0 Å². The minimum absolute atomic E-state index is 0.309. The molecule has 0 fully saturated rings. The molecule has 0 bridgehead atoms. The maximum atomic E-state index is 10.7. The summed E-state index contributed by atoms with van der Waals surface area (Å²) in [6.07, 6.45) is 1.76. The maximum absolute atomic E-state index is 10.7. The van der Waals surface area contributed by atoms with E-state index in [2.05, 4.69) is 6.58 Å². The summed E-state index contributed by atoms with van der Waals surface area (Å²) in [7, 11) is -4.27. The molecule has 0 saturated carbocycles. The highest BCUT2D eigenvalue weighted by molar-refractivity contribution is 6.81. The van der Waals surface area contributed by atoms with Crippen molar-refractivity contribution < 1.29 is 18.4 Å². The summed E-state index contributed by atoms with van der Waals surface area (Å²) in [6, 6.07) is 0.585. The van der Waals surface area contributed by atoms with Gasteiger partial charge in [0.1, 0.15) is 0 Å². The molecule has 1 N–H and O–H groups in total. The van der Waals surface area contributed by atoms with Gasteiger partial charge in [0.25, 0.3) is 0 Å². The van der Waals surface area contributed by atoms with E-state index in [0.29, 0.717) is 19.1 Å². The Balaban J connectivity index is 3.82. The van der Waals surface area contributed by atoms with E-state index in [-0.39, 0.29) is 0 Å². The Morgan fingerprint density at radius 1 is 1.38 bits per heavy atom. The van der Waals surface area contributed by atoms with E-state index >= 15 is 0 Å². The van der Waals surface area contributed by atoms with Crippen molar-refractivity contribution in [3.8, 4) is 0 Å². The molecule has 0 aliphatic heterocycles. The predicted octanol–water partition coefficient (Wildman–Crippen LogP) is 2.02. The zero-order valence-corrected chi connectivity index (χ0v) is 12.6. The first kappa shape index (κ1) is 15.6. The molecule has 0 heterocycles. The van der Waals surface area contributed by atoms with Crippen LogP contribution in [0.5, 0.6) is 0 Å². The van der Waals surface area contributed by atoms with Crippen molar-refractivity contribution in [2.75, 3.05) is 6.61 Å². The average Bonchev–Trinajstić information content (AvgIpc) is 2.08. The number of hydrogen-bond acceptors (Lipinski definition) is 4. The van der Waals surface area contributed by atoms with Gasteiger partial charge in [0.2, 0.25) is 0 Å². The molecule has 0 spiro atoms. The normalized spacial score (nSPS) is 15.3. The van der Waals surface area contributed by atoms with Gasteiger partial charge >= 0.3 is 14.5 Å². The van der Waals surface area contributed by atoms with Gasteiger partial charge in [0, 0.05) is 6.08 Å². The Morgan fingerprint density at radius 3 is 2.38 bits per heavy atom. The molecule has 94 valence electrons. The first-order valence-corrected chi connectivity index (χ1v) is 11.4. The van der Waals surface area contributed by atoms with E-state index in [9.17, 15) is 9.59 Å². The number of carbonyl (C=O) groups excluding carboxylic acids is 1. The van der Waals surface area contributed by atoms with Gasteiger partial charge < -0.3 is 13.6 Å². The van der Waals surface area contributed by atoms with E-state index in [0.717, 1.165) is 6.08 Å². The molecule has 0 radical (unpaired) electrons. The fourth-order valence-electron chi connectivity index (χ4n) is 1.34. The molecule has 0 rings (SSSR count). The monoisotopic (exact) mass is 262 g/mol. The molecule has 6 heteroatoms. The summed E-state index contributed by atoms with van der Waals surface area (Å²) in [5.41, 5.74) is 0. The lowest BCUT2D eigenvalue weighted by molar-refractivity contribution is -0.137. The second kappa shape index (κ2) is 6.34. The maximum Gasteiger partial charge on any atom is 0.330 e. The molecule has 1 unspecified atom stereocenters. The summed E-state index contributed by atoms with van der Waals surface area (Å²) in [6.45, 7) is 11.5. The van der Waals surface area contributed by atoms with Crippen LogP contribution in [0.2, 0.25) is 32.2 Å². The molecular weight excluding hydrogens is 240 g/mol. The third kappa shape index (κ3) is 8.84. The lowest BCUT2D eigenvalue weighted by atomic mass is 10.5. The van der Waals surface area contributed by atoms with E-state index < -0.39 is 22.8 Å². The van der Waals surface area contributed by atoms with E-state index in [4.69, 9.17) is 8.85 Å². The molecule has 0 aliphatic carbocycles. The molecular formula is C10H22O4Si2. The molecule has 4 nitrogen and oxygen atoms in total. The Kier molecular flexibility index (Phi) is 6.16. The van der Waals surface area contributed by atoms with Gasteiger partial charge in [0.15, 0.2) is 8.32 Å². The topological polar surface area (TPSA) is 55.8 Å². The number of rotatable bonds is 7. The van der Waals surface area contributed by atoms with Crippen LogP contribution in [-0.2, 0) is 13.6 Å². The standard InChI is InChI=1S/C10H22O4Si2/c1-6-10(11)13-8-7-9-16(5,12)14-15(2,3)4/h6,12H,1,7-9H2,2-5H3. The second-order valence-electron chi connectivity index (χ2n) is 4.86.